The van der Waals surface area contributed by atoms with Crippen LogP contribution in [0.3, 0.4) is 0 Å². The lowest BCUT2D eigenvalue weighted by molar-refractivity contribution is -0.120. The largest absolute Gasteiger partial charge is 0.378 e. The topological polar surface area (TPSA) is 346 Å². The SMILES string of the molecule is CCNC(=O)Cc1ccn(-c2cc(-c3c(F)cccc3F)nc3c2C(=O)NC3)n1.CCNC(=O)c1ccn(-c2cc(-c3c(F)cccc3F)nc3c2C(=O)NC3)n1.N#Cc1cccc(F)c1-c1cc(-n2ccc(N3CCOCC3)n2)c2c(n1)CNC2=O.O=C1NCc2nc(-c3c(F)cccc3F)cc(-n3ccc(N4CCOCC4)n3)c21. The number of ether oxygens (including phenoxy) is 2. The van der Waals surface area contributed by atoms with Gasteiger partial charge in [-0.3, -0.25) is 28.8 Å². The fourth-order valence-electron chi connectivity index (χ4n) is 13.8. The van der Waals surface area contributed by atoms with E-state index in [-0.39, 0.29) is 135 Å². The van der Waals surface area contributed by atoms with Gasteiger partial charge in [0.05, 0.1) is 189 Å². The lowest BCUT2D eigenvalue weighted by Gasteiger charge is -2.26. The van der Waals surface area contributed by atoms with E-state index in [0.717, 1.165) is 62.1 Å². The number of rotatable bonds is 15. The summed E-state index contributed by atoms with van der Waals surface area (Å²) in [5.74, 6) is -5.27. The van der Waals surface area contributed by atoms with Crippen LogP contribution in [0.1, 0.15) is 99.8 Å². The van der Waals surface area contributed by atoms with Crippen molar-refractivity contribution in [2.45, 2.75) is 46.4 Å². The maximum atomic E-state index is 14.6. The van der Waals surface area contributed by atoms with E-state index in [4.69, 9.17) is 9.47 Å². The molecule has 12 aromatic rings. The Morgan fingerprint density at radius 1 is 0.422 bits per heavy atom. The quantitative estimate of drug-likeness (QED) is 0.0523. The van der Waals surface area contributed by atoms with Crippen LogP contribution in [0.15, 0.2) is 146 Å². The summed E-state index contributed by atoms with van der Waals surface area (Å²) in [7, 11) is 0. The molecule has 0 aliphatic carbocycles. The van der Waals surface area contributed by atoms with Gasteiger partial charge in [0, 0.05) is 76.2 Å². The molecule has 0 unspecified atom stereocenters. The number of anilines is 2. The van der Waals surface area contributed by atoms with E-state index in [1.54, 1.807) is 53.1 Å². The van der Waals surface area contributed by atoms with Crippen LogP contribution in [0, 0.1) is 52.1 Å². The number of carbonyl (C=O) groups is 6. The second-order valence-corrected chi connectivity index (χ2v) is 26.5. The molecule has 14 heterocycles. The number of morpholine rings is 2. The van der Waals surface area contributed by atoms with Crippen LogP contribution >= 0.6 is 0 Å². The van der Waals surface area contributed by atoms with Crippen LogP contribution in [-0.2, 0) is 46.9 Å². The van der Waals surface area contributed by atoms with Crippen LogP contribution in [-0.4, -0.2) is 160 Å². The van der Waals surface area contributed by atoms with Crippen molar-refractivity contribution in [3.05, 3.63) is 249 Å². The highest BCUT2D eigenvalue weighted by molar-refractivity contribution is 6.04. The Balaban J connectivity index is 0.000000121. The third-order valence-electron chi connectivity index (χ3n) is 19.2. The van der Waals surface area contributed by atoms with Gasteiger partial charge in [0.25, 0.3) is 29.5 Å². The number of fused-ring (bicyclic) bond motifs is 4. The van der Waals surface area contributed by atoms with Gasteiger partial charge >= 0.3 is 0 Å². The average molecular weight is 1580 g/mol. The van der Waals surface area contributed by atoms with Crippen LogP contribution in [0.2, 0.25) is 0 Å². The zero-order chi connectivity index (χ0) is 81.0. The molecule has 6 N–H and O–H groups in total. The molecular weight excluding hydrogens is 1520 g/mol. The van der Waals surface area contributed by atoms with Crippen molar-refractivity contribution in [3.63, 3.8) is 0 Å². The van der Waals surface area contributed by atoms with Crippen molar-refractivity contribution in [1.29, 1.82) is 5.26 Å². The maximum Gasteiger partial charge on any atom is 0.271 e. The maximum absolute atomic E-state index is 14.6. The summed E-state index contributed by atoms with van der Waals surface area (Å²) in [6.45, 7) is 10.7. The molecule has 116 heavy (non-hydrogen) atoms. The van der Waals surface area contributed by atoms with Crippen LogP contribution < -0.4 is 41.7 Å². The second-order valence-electron chi connectivity index (χ2n) is 26.5. The van der Waals surface area contributed by atoms with Crippen molar-refractivity contribution in [2.24, 2.45) is 0 Å². The number of benzene rings is 4. The Morgan fingerprint density at radius 3 is 1.12 bits per heavy atom. The molecule has 4 aromatic carbocycles. The summed E-state index contributed by atoms with van der Waals surface area (Å²) in [5, 5.41) is 43.3. The van der Waals surface area contributed by atoms with Gasteiger partial charge in [-0.25, -0.2) is 69.4 Å². The Labute approximate surface area is 654 Å². The number of aromatic nitrogens is 12. The van der Waals surface area contributed by atoms with Gasteiger partial charge in [-0.15, -0.1) is 0 Å². The third kappa shape index (κ3) is 15.6. The van der Waals surface area contributed by atoms with Crippen LogP contribution in [0.25, 0.3) is 67.8 Å². The molecule has 6 aliphatic rings. The van der Waals surface area contributed by atoms with Crippen molar-refractivity contribution in [2.75, 3.05) is 75.5 Å². The zero-order valence-electron chi connectivity index (χ0n) is 61.6. The molecule has 0 bridgehead atoms. The summed E-state index contributed by atoms with van der Waals surface area (Å²) >= 11 is 0. The van der Waals surface area contributed by atoms with E-state index in [1.165, 1.54) is 82.3 Å². The number of amides is 6. The van der Waals surface area contributed by atoms with E-state index in [2.05, 4.69) is 82.0 Å². The van der Waals surface area contributed by atoms with E-state index in [1.807, 2.05) is 25.1 Å². The molecule has 36 heteroatoms. The number of pyridine rings is 4. The summed E-state index contributed by atoms with van der Waals surface area (Å²) in [6.07, 6.45) is 6.68. The molecule has 0 spiro atoms. The van der Waals surface area contributed by atoms with Gasteiger partial charge in [-0.1, -0.05) is 24.3 Å². The summed E-state index contributed by atoms with van der Waals surface area (Å²) in [4.78, 5) is 94.8. The molecule has 6 amide bonds. The molecule has 18 rings (SSSR count). The number of halogens is 7. The third-order valence-corrected chi connectivity index (χ3v) is 19.2. The van der Waals surface area contributed by atoms with E-state index in [0.29, 0.717) is 102 Å². The van der Waals surface area contributed by atoms with Crippen molar-refractivity contribution in [1.82, 2.24) is 91.0 Å². The molecule has 2 fully saturated rings. The number of carbonyl (C=O) groups excluding carboxylic acids is 6. The van der Waals surface area contributed by atoms with E-state index >= 15 is 0 Å². The summed E-state index contributed by atoms with van der Waals surface area (Å²) in [6, 6.07) is 29.9. The predicted molar refractivity (Wildman–Crippen MR) is 403 cm³/mol. The van der Waals surface area contributed by atoms with Crippen LogP contribution in [0.4, 0.5) is 42.4 Å². The highest BCUT2D eigenvalue weighted by atomic mass is 19.2. The number of nitrogens with one attached hydrogen (secondary N) is 6. The number of hydrogen-bond donors (Lipinski definition) is 6. The van der Waals surface area contributed by atoms with Crippen molar-refractivity contribution in [3.8, 4) is 73.8 Å². The van der Waals surface area contributed by atoms with Gasteiger partial charge in [0.2, 0.25) is 5.91 Å². The first kappa shape index (κ1) is 77.0. The van der Waals surface area contributed by atoms with Gasteiger partial charge in [-0.2, -0.15) is 25.7 Å². The first-order valence-electron chi connectivity index (χ1n) is 36.5. The monoisotopic (exact) mass is 1580 g/mol. The van der Waals surface area contributed by atoms with Gasteiger partial charge in [0.15, 0.2) is 17.3 Å². The van der Waals surface area contributed by atoms with Gasteiger partial charge < -0.3 is 51.2 Å². The van der Waals surface area contributed by atoms with E-state index in [9.17, 15) is 64.8 Å². The standard InChI is InChI=1S/C21H17FN6O2.2C20H17F2N5O2.C19H15F2N5O2/c22-14-3-1-2-13(11-23)19(14)15-10-17(20-16(25-15)12-24-21(20)29)28-5-4-18(26-28)27-6-8-30-9-7-27;21-12-2-1-3-13(22)18(12)14-10-16(19-15(24-14)11-23-20(19)28)27-5-4-17(25-27)26-6-8-29-9-7-26;1-2-23-17(28)8-11-6-7-27(26-11)16-9-14(18-12(21)4-3-5-13(18)22)25-15-10-24-20(29)19(15)16;1-2-22-18(27)12-6-7-26(25-12)15-8-13(16-10(20)4-3-5-11(16)21)24-14-9-23-19(28)17(14)15/h1-5,10H,6-9,12H2,(H,24,29);1-5,10H,6-9,11H2,(H,23,28);3-7,9H,2,8,10H2,1H3,(H,23,28)(H,24,29);3-8H,2,9H2,1H3,(H,22,27)(H,23,28). The Hall–Kier alpha value is -14.3. The van der Waals surface area contributed by atoms with Crippen molar-refractivity contribution < 1.29 is 69.0 Å². The predicted octanol–water partition coefficient (Wildman–Crippen LogP) is 8.66. The Bertz CT molecular complexity index is 5910. The van der Waals surface area contributed by atoms with Crippen molar-refractivity contribution >= 4 is 47.1 Å². The highest BCUT2D eigenvalue weighted by Gasteiger charge is 2.34. The molecule has 0 atom stereocenters. The fourth-order valence-corrected chi connectivity index (χ4v) is 13.8. The van der Waals surface area contributed by atoms with Gasteiger partial charge in [0.1, 0.15) is 40.7 Å². The number of nitrogens with zero attached hydrogens (tertiary/aromatic N) is 15. The molecule has 6 aliphatic heterocycles. The number of nitriles is 1. The summed E-state index contributed by atoms with van der Waals surface area (Å²) in [5.41, 5.74) is 5.22. The smallest absolute Gasteiger partial charge is 0.271 e. The number of hydrogen-bond acceptors (Lipinski definition) is 19. The molecule has 0 radical (unpaired) electrons. The lowest BCUT2D eigenvalue weighted by atomic mass is 10.0. The fraction of sp³-hybridized carbons (Fsp3) is 0.212. The Morgan fingerprint density at radius 2 is 0.750 bits per heavy atom. The molecule has 8 aromatic heterocycles. The zero-order valence-corrected chi connectivity index (χ0v) is 61.6. The first-order chi connectivity index (χ1) is 56.2. The first-order valence-corrected chi connectivity index (χ1v) is 36.5. The van der Waals surface area contributed by atoms with Gasteiger partial charge in [-0.05, 0) is 98.8 Å². The minimum absolute atomic E-state index is 0.0379. The van der Waals surface area contributed by atoms with E-state index < -0.39 is 40.7 Å². The lowest BCUT2D eigenvalue weighted by Crippen LogP contribution is -2.36. The molecule has 29 nitrogen and oxygen atoms in total. The molecular formula is C80H66F7N21O8. The Kier molecular flexibility index (Phi) is 22.0. The highest BCUT2D eigenvalue weighted by Crippen LogP contribution is 2.37. The average Bonchev–Trinajstić information content (AvgIpc) is 1.58. The molecule has 588 valence electrons. The number of likely N-dealkylation sites (N-methyl/N-ethyl adjacent to an activating group) is 1. The molecule has 0 saturated carbocycles. The summed E-state index contributed by atoms with van der Waals surface area (Å²) < 4.78 is 117. The normalized spacial score (nSPS) is 14.2. The minimum atomic E-state index is -0.765. The molecule has 2 saturated heterocycles. The van der Waals surface area contributed by atoms with Crippen LogP contribution in [0.5, 0.6) is 0 Å². The second kappa shape index (κ2) is 33.2. The minimum Gasteiger partial charge on any atom is -0.378 e.